The van der Waals surface area contributed by atoms with Gasteiger partial charge in [-0.05, 0) is 44.0 Å². The SMILES string of the molecule is CCCN(C)Cc1ccc(CN(C=O)c2nc(OCCCCOC(F)(F)F)ncc2NC)cc1. The lowest BCUT2D eigenvalue weighted by atomic mass is 10.1. The van der Waals surface area contributed by atoms with Crippen molar-refractivity contribution in [2.75, 3.05) is 44.1 Å². The number of amides is 1. The standard InChI is InChI=1S/C23H32F3N5O3/c1-4-11-30(3)15-18-7-9-19(10-8-18)16-31(17-32)21-20(27-2)14-28-22(29-21)33-12-5-6-13-34-23(24,25)26/h7-10,14,17,27H,4-6,11-13,15-16H2,1-3H3. The van der Waals surface area contributed by atoms with E-state index in [0.29, 0.717) is 30.9 Å². The van der Waals surface area contributed by atoms with Crippen molar-refractivity contribution in [2.45, 2.75) is 45.6 Å². The topological polar surface area (TPSA) is 79.8 Å². The van der Waals surface area contributed by atoms with Gasteiger partial charge in [-0.25, -0.2) is 4.98 Å². The molecule has 0 saturated carbocycles. The van der Waals surface area contributed by atoms with E-state index in [-0.39, 0.29) is 19.0 Å². The molecule has 0 aliphatic carbocycles. The number of nitrogens with zero attached hydrogens (tertiary/aromatic N) is 4. The molecule has 34 heavy (non-hydrogen) atoms. The molecule has 0 unspecified atom stereocenters. The monoisotopic (exact) mass is 483 g/mol. The number of halogens is 3. The molecule has 0 aliphatic rings. The molecule has 188 valence electrons. The van der Waals surface area contributed by atoms with Crippen molar-refractivity contribution in [3.05, 3.63) is 41.6 Å². The first kappa shape index (κ1) is 27.3. The fraction of sp³-hybridized carbons (Fsp3) is 0.522. The van der Waals surface area contributed by atoms with Gasteiger partial charge >= 0.3 is 12.4 Å². The number of nitrogens with one attached hydrogen (secondary N) is 1. The molecule has 0 radical (unpaired) electrons. The molecule has 1 heterocycles. The predicted octanol–water partition coefficient (Wildman–Crippen LogP) is 4.22. The molecule has 2 rings (SSSR count). The highest BCUT2D eigenvalue weighted by Crippen LogP contribution is 2.25. The van der Waals surface area contributed by atoms with E-state index >= 15 is 0 Å². The number of rotatable bonds is 15. The molecule has 0 fully saturated rings. The van der Waals surface area contributed by atoms with Gasteiger partial charge in [0, 0.05) is 13.6 Å². The van der Waals surface area contributed by atoms with Crippen LogP contribution in [-0.2, 0) is 22.6 Å². The maximum absolute atomic E-state index is 12.0. The van der Waals surface area contributed by atoms with E-state index in [1.165, 1.54) is 16.7 Å². The molecule has 1 aromatic carbocycles. The Kier molecular flexibility index (Phi) is 11.0. The number of unbranched alkanes of at least 4 members (excludes halogenated alkanes) is 1. The largest absolute Gasteiger partial charge is 0.522 e. The van der Waals surface area contributed by atoms with Gasteiger partial charge in [-0.15, -0.1) is 13.2 Å². The number of carbonyl (C=O) groups excluding carboxylic acids is 1. The summed E-state index contributed by atoms with van der Waals surface area (Å²) in [5.74, 6) is 0.342. The van der Waals surface area contributed by atoms with Crippen LogP contribution in [0.2, 0.25) is 0 Å². The van der Waals surface area contributed by atoms with Crippen LogP contribution in [0.3, 0.4) is 0 Å². The number of benzene rings is 1. The molecule has 0 saturated heterocycles. The van der Waals surface area contributed by atoms with Crippen molar-refractivity contribution in [1.29, 1.82) is 0 Å². The minimum Gasteiger partial charge on any atom is -0.463 e. The number of anilines is 2. The van der Waals surface area contributed by atoms with Gasteiger partial charge in [0.05, 0.1) is 31.6 Å². The van der Waals surface area contributed by atoms with Crippen molar-refractivity contribution < 1.29 is 27.4 Å². The van der Waals surface area contributed by atoms with Gasteiger partial charge in [-0.2, -0.15) is 4.98 Å². The summed E-state index contributed by atoms with van der Waals surface area (Å²) < 4.78 is 45.2. The average Bonchev–Trinajstić information content (AvgIpc) is 2.80. The second-order valence-electron chi connectivity index (χ2n) is 7.78. The number of hydrogen-bond acceptors (Lipinski definition) is 7. The van der Waals surface area contributed by atoms with Crippen molar-refractivity contribution in [1.82, 2.24) is 14.9 Å². The number of aromatic nitrogens is 2. The van der Waals surface area contributed by atoms with E-state index in [1.807, 2.05) is 24.3 Å². The zero-order valence-electron chi connectivity index (χ0n) is 19.8. The molecule has 0 spiro atoms. The van der Waals surface area contributed by atoms with E-state index in [1.54, 1.807) is 7.05 Å². The molecule has 1 amide bonds. The lowest BCUT2D eigenvalue weighted by Gasteiger charge is -2.20. The molecule has 0 bridgehead atoms. The maximum atomic E-state index is 12.0. The summed E-state index contributed by atoms with van der Waals surface area (Å²) in [6.07, 6.45) is -0.858. The Labute approximate surface area is 198 Å². The number of alkyl halides is 3. The van der Waals surface area contributed by atoms with Crippen molar-refractivity contribution in [3.8, 4) is 6.01 Å². The van der Waals surface area contributed by atoms with Gasteiger partial charge in [0.1, 0.15) is 0 Å². The van der Waals surface area contributed by atoms with Crippen LogP contribution in [0.25, 0.3) is 0 Å². The second-order valence-corrected chi connectivity index (χ2v) is 7.78. The molecule has 0 atom stereocenters. The van der Waals surface area contributed by atoms with Crippen LogP contribution in [0, 0.1) is 0 Å². The van der Waals surface area contributed by atoms with Crippen LogP contribution in [-0.4, -0.2) is 61.5 Å². The smallest absolute Gasteiger partial charge is 0.463 e. The Bertz CT molecular complexity index is 881. The number of ether oxygens (including phenoxy) is 2. The quantitative estimate of drug-likeness (QED) is 0.300. The third-order valence-electron chi connectivity index (χ3n) is 4.88. The van der Waals surface area contributed by atoms with E-state index in [4.69, 9.17) is 4.74 Å². The molecule has 11 heteroatoms. The highest BCUT2D eigenvalue weighted by molar-refractivity contribution is 5.80. The zero-order valence-corrected chi connectivity index (χ0v) is 19.8. The van der Waals surface area contributed by atoms with Crippen LogP contribution in [0.4, 0.5) is 24.7 Å². The normalized spacial score (nSPS) is 11.5. The first-order valence-corrected chi connectivity index (χ1v) is 11.1. The Hall–Kier alpha value is -2.92. The van der Waals surface area contributed by atoms with Crippen LogP contribution in [0.5, 0.6) is 6.01 Å². The van der Waals surface area contributed by atoms with E-state index < -0.39 is 13.0 Å². The summed E-state index contributed by atoms with van der Waals surface area (Å²) in [6, 6.07) is 8.08. The lowest BCUT2D eigenvalue weighted by molar-refractivity contribution is -0.324. The Morgan fingerprint density at radius 2 is 1.74 bits per heavy atom. The molecular formula is C23H32F3N5O3. The third kappa shape index (κ3) is 9.52. The summed E-state index contributed by atoms with van der Waals surface area (Å²) in [5.41, 5.74) is 2.66. The van der Waals surface area contributed by atoms with Crippen LogP contribution in [0.15, 0.2) is 30.5 Å². The van der Waals surface area contributed by atoms with Crippen molar-refractivity contribution in [2.24, 2.45) is 0 Å². The van der Waals surface area contributed by atoms with E-state index in [0.717, 1.165) is 25.1 Å². The molecule has 8 nitrogen and oxygen atoms in total. The van der Waals surface area contributed by atoms with Crippen LogP contribution >= 0.6 is 0 Å². The first-order valence-electron chi connectivity index (χ1n) is 11.1. The second kappa shape index (κ2) is 13.7. The molecule has 1 aromatic heterocycles. The summed E-state index contributed by atoms with van der Waals surface area (Å²) >= 11 is 0. The number of hydrogen-bond donors (Lipinski definition) is 1. The highest BCUT2D eigenvalue weighted by atomic mass is 19.4. The molecule has 0 aliphatic heterocycles. The summed E-state index contributed by atoms with van der Waals surface area (Å²) in [5, 5.41) is 2.95. The summed E-state index contributed by atoms with van der Waals surface area (Å²) in [7, 11) is 3.77. The first-order chi connectivity index (χ1) is 16.3. The Balaban J connectivity index is 1.99. The fourth-order valence-corrected chi connectivity index (χ4v) is 3.26. The highest BCUT2D eigenvalue weighted by Gasteiger charge is 2.28. The van der Waals surface area contributed by atoms with Gasteiger partial charge in [-0.3, -0.25) is 14.4 Å². The van der Waals surface area contributed by atoms with E-state index in [9.17, 15) is 18.0 Å². The van der Waals surface area contributed by atoms with Crippen LogP contribution < -0.4 is 15.0 Å². The lowest BCUT2D eigenvalue weighted by Crippen LogP contribution is -2.23. The maximum Gasteiger partial charge on any atom is 0.522 e. The Morgan fingerprint density at radius 3 is 2.32 bits per heavy atom. The fourth-order valence-electron chi connectivity index (χ4n) is 3.26. The van der Waals surface area contributed by atoms with Crippen molar-refractivity contribution >= 4 is 17.9 Å². The van der Waals surface area contributed by atoms with Crippen LogP contribution in [0.1, 0.15) is 37.3 Å². The van der Waals surface area contributed by atoms with E-state index in [2.05, 4.69) is 38.9 Å². The van der Waals surface area contributed by atoms with Gasteiger partial charge in [0.15, 0.2) is 5.82 Å². The van der Waals surface area contributed by atoms with Gasteiger partial charge < -0.3 is 15.0 Å². The summed E-state index contributed by atoms with van der Waals surface area (Å²) in [4.78, 5) is 24.0. The van der Waals surface area contributed by atoms with Gasteiger partial charge in [-0.1, -0.05) is 31.2 Å². The predicted molar refractivity (Wildman–Crippen MR) is 124 cm³/mol. The van der Waals surface area contributed by atoms with Gasteiger partial charge in [0.25, 0.3) is 0 Å². The summed E-state index contributed by atoms with van der Waals surface area (Å²) in [6.45, 7) is 3.99. The average molecular weight is 484 g/mol. The molecular weight excluding hydrogens is 451 g/mol. The van der Waals surface area contributed by atoms with Gasteiger partial charge in [0.2, 0.25) is 6.41 Å². The zero-order chi connectivity index (χ0) is 25.0. The molecule has 1 N–H and O–H groups in total. The molecule has 2 aromatic rings. The minimum atomic E-state index is -4.63. The Morgan fingerprint density at radius 1 is 1.09 bits per heavy atom. The van der Waals surface area contributed by atoms with Crippen molar-refractivity contribution in [3.63, 3.8) is 0 Å². The third-order valence-corrected chi connectivity index (χ3v) is 4.88. The minimum absolute atomic E-state index is 0.0342. The number of carbonyl (C=O) groups is 1.